The fraction of sp³-hybridized carbons (Fsp3) is 0.0196. The van der Waals surface area contributed by atoms with Gasteiger partial charge in [-0.1, -0.05) is 188 Å². The molecular formula is C51H34O. The van der Waals surface area contributed by atoms with Crippen LogP contribution in [0.3, 0.4) is 0 Å². The summed E-state index contributed by atoms with van der Waals surface area (Å²) in [7, 11) is 0. The highest BCUT2D eigenvalue weighted by molar-refractivity contribution is 6.10. The Morgan fingerprint density at radius 1 is 0.327 bits per heavy atom. The average molecular weight is 663 g/mol. The molecule has 10 aromatic rings. The van der Waals surface area contributed by atoms with Crippen molar-refractivity contribution in [2.45, 2.75) is 5.92 Å². The third-order valence-electron chi connectivity index (χ3n) is 10.6. The zero-order valence-electron chi connectivity index (χ0n) is 28.5. The Morgan fingerprint density at radius 3 is 1.65 bits per heavy atom. The Bertz CT molecular complexity index is 2880. The third-order valence-corrected chi connectivity index (χ3v) is 10.6. The summed E-state index contributed by atoms with van der Waals surface area (Å²) in [5.74, 6) is -0.00107. The summed E-state index contributed by atoms with van der Waals surface area (Å²) < 4.78 is 6.50. The van der Waals surface area contributed by atoms with Gasteiger partial charge in [-0.25, -0.2) is 0 Å². The average Bonchev–Trinajstić information content (AvgIpc) is 3.61. The summed E-state index contributed by atoms with van der Waals surface area (Å²) in [6, 6.07) is 72.5. The van der Waals surface area contributed by atoms with Gasteiger partial charge >= 0.3 is 0 Å². The maximum absolute atomic E-state index is 6.50. The predicted molar refractivity (Wildman–Crippen MR) is 219 cm³/mol. The van der Waals surface area contributed by atoms with E-state index in [4.69, 9.17) is 4.42 Å². The van der Waals surface area contributed by atoms with E-state index in [-0.39, 0.29) is 5.92 Å². The highest BCUT2D eigenvalue weighted by Crippen LogP contribution is 2.42. The first kappa shape index (κ1) is 30.2. The van der Waals surface area contributed by atoms with Gasteiger partial charge in [0.1, 0.15) is 11.2 Å². The fourth-order valence-electron chi connectivity index (χ4n) is 8.09. The van der Waals surface area contributed by atoms with E-state index in [1.165, 1.54) is 60.5 Å². The fourth-order valence-corrected chi connectivity index (χ4v) is 8.09. The highest BCUT2D eigenvalue weighted by Gasteiger charge is 2.22. The smallest absolute Gasteiger partial charge is 0.143 e. The third kappa shape index (κ3) is 5.18. The van der Waals surface area contributed by atoms with Crippen LogP contribution in [0.4, 0.5) is 0 Å². The Kier molecular flexibility index (Phi) is 7.29. The first-order valence-corrected chi connectivity index (χ1v) is 18.0. The molecule has 0 N–H and O–H groups in total. The van der Waals surface area contributed by atoms with Gasteiger partial charge in [0.15, 0.2) is 0 Å². The normalized spacial score (nSPS) is 12.2. The minimum atomic E-state index is -0.00107. The van der Waals surface area contributed by atoms with Crippen LogP contribution in [-0.2, 0) is 0 Å². The molecule has 1 heteroatoms. The quantitative estimate of drug-likeness (QED) is 0.128. The van der Waals surface area contributed by atoms with Crippen molar-refractivity contribution in [2.24, 2.45) is 0 Å². The highest BCUT2D eigenvalue weighted by atomic mass is 16.3. The molecule has 0 radical (unpaired) electrons. The minimum absolute atomic E-state index is 0.00107. The summed E-state index contributed by atoms with van der Waals surface area (Å²) >= 11 is 0. The number of para-hydroxylation sites is 2. The molecule has 0 aliphatic rings. The number of hydrogen-bond donors (Lipinski definition) is 0. The van der Waals surface area contributed by atoms with Gasteiger partial charge in [0.25, 0.3) is 0 Å². The van der Waals surface area contributed by atoms with E-state index in [2.05, 4.69) is 194 Å². The molecule has 52 heavy (non-hydrogen) atoms. The molecule has 1 aromatic heterocycles. The summed E-state index contributed by atoms with van der Waals surface area (Å²) in [6.07, 6.45) is 0. The summed E-state index contributed by atoms with van der Waals surface area (Å²) in [5, 5.41) is 7.36. The number of rotatable bonds is 6. The van der Waals surface area contributed by atoms with Crippen molar-refractivity contribution < 1.29 is 4.42 Å². The second-order valence-electron chi connectivity index (χ2n) is 13.6. The zero-order chi connectivity index (χ0) is 34.4. The van der Waals surface area contributed by atoms with Gasteiger partial charge < -0.3 is 4.42 Å². The monoisotopic (exact) mass is 662 g/mol. The van der Waals surface area contributed by atoms with Crippen molar-refractivity contribution in [3.8, 4) is 33.4 Å². The van der Waals surface area contributed by atoms with E-state index in [9.17, 15) is 0 Å². The van der Waals surface area contributed by atoms with Crippen molar-refractivity contribution in [1.29, 1.82) is 0 Å². The lowest BCUT2D eigenvalue weighted by atomic mass is 9.80. The van der Waals surface area contributed by atoms with Crippen LogP contribution in [-0.4, -0.2) is 0 Å². The number of furan rings is 1. The molecule has 244 valence electrons. The van der Waals surface area contributed by atoms with Crippen molar-refractivity contribution >= 4 is 43.5 Å². The standard InChI is InChI=1S/C51H34O/c1-2-12-34(13-3-1)35-24-26-36(27-25-35)37-28-30-38(31-29-37)50(48-33-40-14-4-5-17-42(40)44-18-6-7-19-45(44)48)41-16-10-15-39(32-41)43-21-11-22-47-46-20-8-9-23-49(46)52-51(43)47/h1-33,50H. The Labute approximate surface area is 303 Å². The van der Waals surface area contributed by atoms with Crippen LogP contribution in [0.2, 0.25) is 0 Å². The van der Waals surface area contributed by atoms with E-state index in [1.807, 2.05) is 6.07 Å². The molecule has 0 saturated carbocycles. The molecular weight excluding hydrogens is 629 g/mol. The lowest BCUT2D eigenvalue weighted by molar-refractivity contribution is 0.670. The van der Waals surface area contributed by atoms with Crippen LogP contribution in [0.1, 0.15) is 22.6 Å². The van der Waals surface area contributed by atoms with Gasteiger partial charge in [-0.15, -0.1) is 0 Å². The van der Waals surface area contributed by atoms with Crippen LogP contribution in [0, 0.1) is 0 Å². The molecule has 0 aliphatic heterocycles. The molecule has 1 heterocycles. The molecule has 0 saturated heterocycles. The molecule has 0 fully saturated rings. The lowest BCUT2D eigenvalue weighted by Gasteiger charge is -2.23. The van der Waals surface area contributed by atoms with Gasteiger partial charge in [-0.05, 0) is 78.2 Å². The number of fused-ring (bicyclic) bond motifs is 6. The van der Waals surface area contributed by atoms with Crippen molar-refractivity contribution in [2.75, 3.05) is 0 Å². The Morgan fingerprint density at radius 2 is 0.885 bits per heavy atom. The van der Waals surface area contributed by atoms with Crippen LogP contribution in [0.15, 0.2) is 205 Å². The number of hydrogen-bond acceptors (Lipinski definition) is 1. The Hall–Kier alpha value is -6.70. The van der Waals surface area contributed by atoms with Crippen LogP contribution in [0.25, 0.3) is 76.9 Å². The van der Waals surface area contributed by atoms with E-state index >= 15 is 0 Å². The molecule has 10 rings (SSSR count). The molecule has 0 spiro atoms. The molecule has 0 aliphatic carbocycles. The molecule has 0 amide bonds. The van der Waals surface area contributed by atoms with Gasteiger partial charge in [0.2, 0.25) is 0 Å². The maximum Gasteiger partial charge on any atom is 0.143 e. The Balaban J connectivity index is 1.13. The number of benzene rings is 9. The van der Waals surface area contributed by atoms with E-state index in [1.54, 1.807) is 0 Å². The molecule has 0 bridgehead atoms. The second-order valence-corrected chi connectivity index (χ2v) is 13.6. The van der Waals surface area contributed by atoms with Crippen molar-refractivity contribution in [3.05, 3.63) is 217 Å². The van der Waals surface area contributed by atoms with E-state index in [0.717, 1.165) is 33.1 Å². The topological polar surface area (TPSA) is 13.1 Å². The second kappa shape index (κ2) is 12.6. The first-order chi connectivity index (χ1) is 25.8. The van der Waals surface area contributed by atoms with Crippen LogP contribution >= 0.6 is 0 Å². The largest absolute Gasteiger partial charge is 0.455 e. The van der Waals surface area contributed by atoms with Crippen LogP contribution in [0.5, 0.6) is 0 Å². The van der Waals surface area contributed by atoms with Gasteiger partial charge in [-0.2, -0.15) is 0 Å². The molecule has 1 unspecified atom stereocenters. The predicted octanol–water partition coefficient (Wildman–Crippen LogP) is 14.1. The van der Waals surface area contributed by atoms with Crippen molar-refractivity contribution in [3.63, 3.8) is 0 Å². The summed E-state index contributed by atoms with van der Waals surface area (Å²) in [5.41, 5.74) is 12.8. The maximum atomic E-state index is 6.50. The summed E-state index contributed by atoms with van der Waals surface area (Å²) in [4.78, 5) is 0. The van der Waals surface area contributed by atoms with Gasteiger partial charge in [0, 0.05) is 22.3 Å². The zero-order valence-corrected chi connectivity index (χ0v) is 28.5. The van der Waals surface area contributed by atoms with Gasteiger partial charge in [0.05, 0.1) is 0 Å². The SMILES string of the molecule is c1ccc(-c2ccc(-c3ccc(C(c4cccc(-c5cccc6c5oc5ccccc56)c4)c4cc5ccccc5c5ccccc45)cc3)cc2)cc1. The first-order valence-electron chi connectivity index (χ1n) is 18.0. The van der Waals surface area contributed by atoms with Gasteiger partial charge in [-0.3, -0.25) is 0 Å². The van der Waals surface area contributed by atoms with E-state index < -0.39 is 0 Å². The molecule has 1 atom stereocenters. The molecule has 1 nitrogen and oxygen atoms in total. The minimum Gasteiger partial charge on any atom is -0.455 e. The van der Waals surface area contributed by atoms with Crippen molar-refractivity contribution in [1.82, 2.24) is 0 Å². The van der Waals surface area contributed by atoms with Crippen LogP contribution < -0.4 is 0 Å². The van der Waals surface area contributed by atoms with E-state index in [0.29, 0.717) is 0 Å². The summed E-state index contributed by atoms with van der Waals surface area (Å²) in [6.45, 7) is 0. The molecule has 9 aromatic carbocycles. The lowest BCUT2D eigenvalue weighted by Crippen LogP contribution is -2.05.